The molecule has 0 saturated heterocycles. The Morgan fingerprint density at radius 1 is 1.11 bits per heavy atom. The molecule has 0 bridgehead atoms. The Labute approximate surface area is 214 Å². The van der Waals surface area contributed by atoms with Crippen LogP contribution in [0.15, 0.2) is 53.0 Å². The summed E-state index contributed by atoms with van der Waals surface area (Å²) in [4.78, 5) is 28.0. The Morgan fingerprint density at radius 3 is 2.43 bits per heavy atom. The van der Waals surface area contributed by atoms with Crippen LogP contribution >= 0.6 is 15.9 Å². The van der Waals surface area contributed by atoms with Crippen molar-refractivity contribution in [1.82, 2.24) is 10.2 Å². The second-order valence-corrected chi connectivity index (χ2v) is 11.7. The fraction of sp³-hybridized carbons (Fsp3) is 0.440. The molecule has 3 rings (SSSR count). The van der Waals surface area contributed by atoms with Crippen LogP contribution in [0.4, 0.5) is 10.1 Å². The van der Waals surface area contributed by atoms with Crippen molar-refractivity contribution in [2.24, 2.45) is 0 Å². The van der Waals surface area contributed by atoms with Gasteiger partial charge in [-0.05, 0) is 55.7 Å². The number of sulfonamides is 1. The maximum atomic E-state index is 13.8. The summed E-state index contributed by atoms with van der Waals surface area (Å²) in [6.45, 7) is 1.19. The monoisotopic (exact) mass is 567 g/mol. The smallest absolute Gasteiger partial charge is 0.244 e. The zero-order valence-corrected chi connectivity index (χ0v) is 22.3. The minimum atomic E-state index is -3.90. The minimum Gasteiger partial charge on any atom is -0.352 e. The van der Waals surface area contributed by atoms with Gasteiger partial charge in [-0.15, -0.1) is 0 Å². The number of hydrogen-bond acceptors (Lipinski definition) is 4. The van der Waals surface area contributed by atoms with Crippen molar-refractivity contribution in [2.75, 3.05) is 17.1 Å². The molecule has 1 atom stereocenters. The first kappa shape index (κ1) is 27.1. The van der Waals surface area contributed by atoms with Gasteiger partial charge in [0.25, 0.3) is 0 Å². The van der Waals surface area contributed by atoms with Crippen LogP contribution in [0.2, 0.25) is 0 Å². The highest BCUT2D eigenvalue weighted by atomic mass is 79.9. The van der Waals surface area contributed by atoms with Crippen LogP contribution in [0, 0.1) is 5.82 Å². The van der Waals surface area contributed by atoms with Gasteiger partial charge in [0.2, 0.25) is 21.8 Å². The highest BCUT2D eigenvalue weighted by Gasteiger charge is 2.31. The van der Waals surface area contributed by atoms with Gasteiger partial charge in [-0.25, -0.2) is 12.8 Å². The molecule has 0 spiro atoms. The number of benzene rings is 2. The van der Waals surface area contributed by atoms with Gasteiger partial charge in [0, 0.05) is 17.1 Å². The Kier molecular flexibility index (Phi) is 9.29. The van der Waals surface area contributed by atoms with Crippen molar-refractivity contribution < 1.29 is 22.4 Å². The highest BCUT2D eigenvalue weighted by Crippen LogP contribution is 2.22. The summed E-state index contributed by atoms with van der Waals surface area (Å²) in [5.74, 6) is -1.46. The second-order valence-electron chi connectivity index (χ2n) is 8.92. The van der Waals surface area contributed by atoms with E-state index >= 15 is 0 Å². The van der Waals surface area contributed by atoms with Gasteiger partial charge >= 0.3 is 0 Å². The van der Waals surface area contributed by atoms with Crippen molar-refractivity contribution in [3.8, 4) is 0 Å². The van der Waals surface area contributed by atoms with Crippen LogP contribution < -0.4 is 9.62 Å². The number of amides is 2. The predicted molar refractivity (Wildman–Crippen MR) is 138 cm³/mol. The van der Waals surface area contributed by atoms with E-state index in [0.717, 1.165) is 58.8 Å². The molecule has 1 fully saturated rings. The van der Waals surface area contributed by atoms with Gasteiger partial charge in [0.1, 0.15) is 18.4 Å². The van der Waals surface area contributed by atoms with E-state index in [0.29, 0.717) is 0 Å². The van der Waals surface area contributed by atoms with Crippen LogP contribution in [0.5, 0.6) is 0 Å². The van der Waals surface area contributed by atoms with E-state index in [4.69, 9.17) is 0 Å². The molecule has 0 radical (unpaired) electrons. The zero-order valence-electron chi connectivity index (χ0n) is 19.9. The number of halogens is 2. The number of anilines is 1. The van der Waals surface area contributed by atoms with Gasteiger partial charge in [0.15, 0.2) is 0 Å². The lowest BCUT2D eigenvalue weighted by atomic mass is 9.95. The zero-order chi connectivity index (χ0) is 25.6. The summed E-state index contributed by atoms with van der Waals surface area (Å²) < 4.78 is 40.5. The van der Waals surface area contributed by atoms with Crippen molar-refractivity contribution in [3.05, 3.63) is 64.4 Å². The molecule has 0 unspecified atom stereocenters. The molecular formula is C25H31BrFN3O4S. The van der Waals surface area contributed by atoms with Gasteiger partial charge in [-0.1, -0.05) is 53.4 Å². The van der Waals surface area contributed by atoms with Crippen LogP contribution in [0.1, 0.15) is 44.6 Å². The van der Waals surface area contributed by atoms with E-state index in [1.165, 1.54) is 23.1 Å². The normalized spacial score (nSPS) is 15.3. The Balaban J connectivity index is 1.87. The fourth-order valence-electron chi connectivity index (χ4n) is 4.23. The van der Waals surface area contributed by atoms with Gasteiger partial charge < -0.3 is 10.2 Å². The number of hydrogen-bond donors (Lipinski definition) is 1. The fourth-order valence-corrected chi connectivity index (χ4v) is 5.52. The molecule has 0 aromatic heterocycles. The summed E-state index contributed by atoms with van der Waals surface area (Å²) in [6, 6.07) is 11.6. The van der Waals surface area contributed by atoms with Crippen molar-refractivity contribution in [3.63, 3.8) is 0 Å². The minimum absolute atomic E-state index is 0.0440. The standard InChI is InChI=1S/C25H31BrFN3O4S/c1-18(25(32)28-22-11-4-3-5-12-22)29(16-19-8-6-9-20(26)14-19)24(31)17-30(35(2,33)34)23-13-7-10-21(27)15-23/h6-10,13-15,18,22H,3-5,11-12,16-17H2,1-2H3,(H,28,32)/t18-/m1/s1. The van der Waals surface area contributed by atoms with Gasteiger partial charge in [-0.3, -0.25) is 13.9 Å². The molecule has 0 aliphatic heterocycles. The summed E-state index contributed by atoms with van der Waals surface area (Å²) >= 11 is 3.42. The molecule has 1 aliphatic carbocycles. The first-order valence-corrected chi connectivity index (χ1v) is 14.3. The molecule has 35 heavy (non-hydrogen) atoms. The number of carbonyl (C=O) groups is 2. The number of rotatable bonds is 9. The topological polar surface area (TPSA) is 86.8 Å². The Hall–Kier alpha value is -2.46. The number of carbonyl (C=O) groups excluding carboxylic acids is 2. The lowest BCUT2D eigenvalue weighted by molar-refractivity contribution is -0.139. The lowest BCUT2D eigenvalue weighted by Gasteiger charge is -2.33. The van der Waals surface area contributed by atoms with Crippen molar-refractivity contribution in [2.45, 2.75) is 57.7 Å². The molecule has 7 nitrogen and oxygen atoms in total. The summed E-state index contributed by atoms with van der Waals surface area (Å²) in [7, 11) is -3.90. The molecule has 2 aromatic rings. The number of nitrogens with one attached hydrogen (secondary N) is 1. The Bertz CT molecular complexity index is 1150. The molecule has 1 aliphatic rings. The van der Waals surface area contributed by atoms with Crippen LogP contribution in [0.3, 0.4) is 0 Å². The van der Waals surface area contributed by atoms with E-state index in [9.17, 15) is 22.4 Å². The summed E-state index contributed by atoms with van der Waals surface area (Å²) in [6.07, 6.45) is 6.02. The van der Waals surface area contributed by atoms with E-state index in [1.54, 1.807) is 6.92 Å². The van der Waals surface area contributed by atoms with Crippen LogP contribution in [-0.2, 0) is 26.2 Å². The second kappa shape index (κ2) is 12.0. The maximum absolute atomic E-state index is 13.8. The summed E-state index contributed by atoms with van der Waals surface area (Å²) in [5, 5.41) is 3.05. The van der Waals surface area contributed by atoms with E-state index in [1.807, 2.05) is 24.3 Å². The largest absolute Gasteiger partial charge is 0.352 e. The third-order valence-corrected chi connectivity index (χ3v) is 7.77. The molecule has 10 heteroatoms. The molecule has 1 N–H and O–H groups in total. The van der Waals surface area contributed by atoms with Gasteiger partial charge in [-0.2, -0.15) is 0 Å². The molecule has 2 amide bonds. The van der Waals surface area contributed by atoms with E-state index in [-0.39, 0.29) is 24.2 Å². The maximum Gasteiger partial charge on any atom is 0.244 e. The lowest BCUT2D eigenvalue weighted by Crippen LogP contribution is -2.53. The molecule has 190 valence electrons. The van der Waals surface area contributed by atoms with Crippen molar-refractivity contribution in [1.29, 1.82) is 0 Å². The highest BCUT2D eigenvalue weighted by molar-refractivity contribution is 9.10. The molecule has 0 heterocycles. The molecule has 1 saturated carbocycles. The average molecular weight is 569 g/mol. The van der Waals surface area contributed by atoms with E-state index in [2.05, 4.69) is 21.2 Å². The van der Waals surface area contributed by atoms with Crippen molar-refractivity contribution >= 4 is 43.5 Å². The molecular weight excluding hydrogens is 537 g/mol. The Morgan fingerprint density at radius 2 is 1.80 bits per heavy atom. The van der Waals surface area contributed by atoms with Crippen LogP contribution in [-0.4, -0.2) is 50.0 Å². The first-order chi connectivity index (χ1) is 16.5. The van der Waals surface area contributed by atoms with Crippen LogP contribution in [0.25, 0.3) is 0 Å². The summed E-state index contributed by atoms with van der Waals surface area (Å²) in [5.41, 5.74) is 0.823. The number of nitrogens with zero attached hydrogens (tertiary/aromatic N) is 2. The third kappa shape index (κ3) is 7.76. The SMILES string of the molecule is C[C@H](C(=O)NC1CCCCC1)N(Cc1cccc(Br)c1)C(=O)CN(c1cccc(F)c1)S(C)(=O)=O. The predicted octanol–water partition coefficient (Wildman–Crippen LogP) is 4.22. The quantitative estimate of drug-likeness (QED) is 0.491. The molecule has 2 aromatic carbocycles. The first-order valence-electron chi connectivity index (χ1n) is 11.6. The van der Waals surface area contributed by atoms with E-state index < -0.39 is 34.3 Å². The van der Waals surface area contributed by atoms with Gasteiger partial charge in [0.05, 0.1) is 11.9 Å². The average Bonchev–Trinajstić information content (AvgIpc) is 2.80. The third-order valence-electron chi connectivity index (χ3n) is 6.14.